The zero-order valence-corrected chi connectivity index (χ0v) is 13.2. The van der Waals surface area contributed by atoms with Gasteiger partial charge in [-0.1, -0.05) is 6.07 Å². The Morgan fingerprint density at radius 2 is 1.85 bits per heavy atom. The van der Waals surface area contributed by atoms with Crippen molar-refractivity contribution < 1.29 is 13.2 Å². The Bertz CT molecular complexity index is 1190. The van der Waals surface area contributed by atoms with E-state index in [0.717, 1.165) is 6.20 Å². The van der Waals surface area contributed by atoms with Crippen molar-refractivity contribution in [2.75, 3.05) is 0 Å². The molecule has 4 aromatic rings. The Morgan fingerprint density at radius 3 is 2.58 bits per heavy atom. The molecule has 0 saturated heterocycles. The Hall–Kier alpha value is -3.20. The van der Waals surface area contributed by atoms with Crippen LogP contribution < -0.4 is 11.3 Å². The van der Waals surface area contributed by atoms with Crippen LogP contribution >= 0.6 is 0 Å². The van der Waals surface area contributed by atoms with Gasteiger partial charge in [0.1, 0.15) is 5.65 Å². The topological polar surface area (TPSA) is 100 Å². The number of hydrogen-bond acceptors (Lipinski definition) is 4. The average molecular weight is 359 g/mol. The van der Waals surface area contributed by atoms with E-state index in [0.29, 0.717) is 27.6 Å². The third-order valence-electron chi connectivity index (χ3n) is 4.23. The molecule has 9 heteroatoms. The van der Waals surface area contributed by atoms with Crippen molar-refractivity contribution in [2.45, 2.75) is 12.7 Å². The standard InChI is InChI=1S/C17H12F3N5O/c18-17(19,20)13-7-23-15-12(13)4-9(6-22-15)8-1-2-10-11(3-8)14(5-21)24-25-16(10)26/h1-4,6-7H,5,21H2,(H,22,23)(H,25,26). The van der Waals surface area contributed by atoms with Crippen LogP contribution in [0, 0.1) is 0 Å². The number of fused-ring (bicyclic) bond motifs is 2. The number of halogens is 3. The molecule has 0 fully saturated rings. The minimum absolute atomic E-state index is 0.0156. The summed E-state index contributed by atoms with van der Waals surface area (Å²) < 4.78 is 39.4. The molecule has 4 rings (SSSR count). The first kappa shape index (κ1) is 16.3. The summed E-state index contributed by atoms with van der Waals surface area (Å²) in [6, 6.07) is 6.35. The van der Waals surface area contributed by atoms with E-state index in [4.69, 9.17) is 5.73 Å². The summed E-state index contributed by atoms with van der Waals surface area (Å²) >= 11 is 0. The second-order valence-corrected chi connectivity index (χ2v) is 5.78. The fourth-order valence-corrected chi connectivity index (χ4v) is 2.95. The minimum atomic E-state index is -4.48. The Labute approximate surface area is 143 Å². The van der Waals surface area contributed by atoms with Gasteiger partial charge >= 0.3 is 6.18 Å². The maximum absolute atomic E-state index is 13.1. The molecule has 0 radical (unpaired) electrons. The number of rotatable bonds is 2. The van der Waals surface area contributed by atoms with Crippen LogP contribution in [0.15, 0.2) is 41.5 Å². The molecule has 0 bridgehead atoms. The van der Waals surface area contributed by atoms with Crippen LogP contribution in [0.4, 0.5) is 13.2 Å². The first-order valence-electron chi connectivity index (χ1n) is 7.64. The number of nitrogens with zero attached hydrogens (tertiary/aromatic N) is 2. The predicted molar refractivity (Wildman–Crippen MR) is 90.3 cm³/mol. The summed E-state index contributed by atoms with van der Waals surface area (Å²) in [5, 5.41) is 7.24. The first-order valence-corrected chi connectivity index (χ1v) is 7.64. The van der Waals surface area contributed by atoms with Crippen molar-refractivity contribution in [3.05, 3.63) is 58.3 Å². The number of nitrogens with one attached hydrogen (secondary N) is 2. The van der Waals surface area contributed by atoms with E-state index in [1.54, 1.807) is 18.2 Å². The van der Waals surface area contributed by atoms with Gasteiger partial charge in [-0.05, 0) is 23.8 Å². The SMILES string of the molecule is NCc1n[nH]c(=O)c2ccc(-c3cnc4[nH]cc(C(F)(F)F)c4c3)cc12. The van der Waals surface area contributed by atoms with Gasteiger partial charge in [-0.25, -0.2) is 10.1 Å². The van der Waals surface area contributed by atoms with Crippen LogP contribution in [-0.4, -0.2) is 20.2 Å². The fraction of sp³-hybridized carbons (Fsp3) is 0.118. The number of hydrogen-bond donors (Lipinski definition) is 3. The van der Waals surface area contributed by atoms with E-state index in [2.05, 4.69) is 20.2 Å². The van der Waals surface area contributed by atoms with Crippen LogP contribution in [-0.2, 0) is 12.7 Å². The highest BCUT2D eigenvalue weighted by atomic mass is 19.4. The second kappa shape index (κ2) is 5.67. The monoisotopic (exact) mass is 359 g/mol. The molecule has 0 amide bonds. The smallest absolute Gasteiger partial charge is 0.346 e. The number of alkyl halides is 3. The summed E-state index contributed by atoms with van der Waals surface area (Å²) in [4.78, 5) is 18.5. The van der Waals surface area contributed by atoms with Gasteiger partial charge < -0.3 is 10.7 Å². The lowest BCUT2D eigenvalue weighted by Crippen LogP contribution is -2.13. The summed E-state index contributed by atoms with van der Waals surface area (Å²) in [6.07, 6.45) is -2.10. The van der Waals surface area contributed by atoms with Crippen molar-refractivity contribution in [2.24, 2.45) is 5.73 Å². The molecule has 0 saturated carbocycles. The third-order valence-corrected chi connectivity index (χ3v) is 4.23. The van der Waals surface area contributed by atoms with Gasteiger partial charge in [-0.2, -0.15) is 18.3 Å². The summed E-state index contributed by atoms with van der Waals surface area (Å²) in [5.41, 5.74) is 6.28. The maximum Gasteiger partial charge on any atom is 0.418 e. The molecule has 3 heterocycles. The molecule has 132 valence electrons. The van der Waals surface area contributed by atoms with E-state index < -0.39 is 11.7 Å². The van der Waals surface area contributed by atoms with Gasteiger partial charge in [0.25, 0.3) is 5.56 Å². The minimum Gasteiger partial charge on any atom is -0.346 e. The predicted octanol–water partition coefficient (Wildman–Crippen LogP) is 2.94. The third kappa shape index (κ3) is 2.53. The van der Waals surface area contributed by atoms with Crippen LogP contribution in [0.25, 0.3) is 32.9 Å². The van der Waals surface area contributed by atoms with Crippen LogP contribution in [0.2, 0.25) is 0 Å². The van der Waals surface area contributed by atoms with Gasteiger partial charge in [-0.15, -0.1) is 0 Å². The van der Waals surface area contributed by atoms with Crippen molar-refractivity contribution in [1.82, 2.24) is 20.2 Å². The highest BCUT2D eigenvalue weighted by Gasteiger charge is 2.33. The Kier molecular flexibility index (Phi) is 3.55. The van der Waals surface area contributed by atoms with E-state index in [9.17, 15) is 18.0 Å². The van der Waals surface area contributed by atoms with E-state index in [1.807, 2.05) is 0 Å². The maximum atomic E-state index is 13.1. The van der Waals surface area contributed by atoms with Crippen molar-refractivity contribution in [3.63, 3.8) is 0 Å². The number of H-pyrrole nitrogens is 2. The Balaban J connectivity index is 1.94. The zero-order chi connectivity index (χ0) is 18.5. The van der Waals surface area contributed by atoms with Gasteiger partial charge in [0.05, 0.1) is 16.6 Å². The molecule has 0 aliphatic carbocycles. The van der Waals surface area contributed by atoms with Crippen molar-refractivity contribution in [1.29, 1.82) is 0 Å². The molecule has 0 unspecified atom stereocenters. The lowest BCUT2D eigenvalue weighted by atomic mass is 10.0. The highest BCUT2D eigenvalue weighted by Crippen LogP contribution is 2.36. The normalized spacial score (nSPS) is 12.2. The largest absolute Gasteiger partial charge is 0.418 e. The van der Waals surface area contributed by atoms with Crippen LogP contribution in [0.3, 0.4) is 0 Å². The lowest BCUT2D eigenvalue weighted by Gasteiger charge is -2.08. The molecular formula is C17H12F3N5O. The van der Waals surface area contributed by atoms with Gasteiger partial charge in [0.2, 0.25) is 0 Å². The zero-order valence-electron chi connectivity index (χ0n) is 13.2. The first-order chi connectivity index (χ1) is 12.4. The summed E-state index contributed by atoms with van der Waals surface area (Å²) in [7, 11) is 0. The number of benzene rings is 1. The quantitative estimate of drug-likeness (QED) is 0.512. The summed E-state index contributed by atoms with van der Waals surface area (Å²) in [6.45, 7) is 0.115. The van der Waals surface area contributed by atoms with Gasteiger partial charge in [-0.3, -0.25) is 4.79 Å². The molecule has 0 atom stereocenters. The van der Waals surface area contributed by atoms with Crippen LogP contribution in [0.5, 0.6) is 0 Å². The molecule has 26 heavy (non-hydrogen) atoms. The van der Waals surface area contributed by atoms with E-state index in [1.165, 1.54) is 12.3 Å². The molecular weight excluding hydrogens is 347 g/mol. The lowest BCUT2D eigenvalue weighted by molar-refractivity contribution is -0.136. The van der Waals surface area contributed by atoms with Crippen molar-refractivity contribution >= 4 is 21.8 Å². The number of pyridine rings is 1. The molecule has 4 N–H and O–H groups in total. The fourth-order valence-electron chi connectivity index (χ4n) is 2.95. The Morgan fingerprint density at radius 1 is 1.08 bits per heavy atom. The number of nitrogens with two attached hydrogens (primary N) is 1. The molecule has 3 aromatic heterocycles. The van der Waals surface area contributed by atoms with E-state index in [-0.39, 0.29) is 23.1 Å². The van der Waals surface area contributed by atoms with Crippen LogP contribution in [0.1, 0.15) is 11.3 Å². The second-order valence-electron chi connectivity index (χ2n) is 5.78. The average Bonchev–Trinajstić information content (AvgIpc) is 3.05. The molecule has 6 nitrogen and oxygen atoms in total. The van der Waals surface area contributed by atoms with Crippen molar-refractivity contribution in [3.8, 4) is 11.1 Å². The molecule has 0 aliphatic rings. The van der Waals surface area contributed by atoms with Gasteiger partial charge in [0, 0.05) is 35.3 Å². The summed E-state index contributed by atoms with van der Waals surface area (Å²) in [5.74, 6) is 0. The van der Waals surface area contributed by atoms with Gasteiger partial charge in [0.15, 0.2) is 0 Å². The van der Waals surface area contributed by atoms with E-state index >= 15 is 0 Å². The molecule has 0 aliphatic heterocycles. The molecule has 1 aromatic carbocycles. The molecule has 0 spiro atoms. The highest BCUT2D eigenvalue weighted by molar-refractivity contribution is 5.90. The number of aromatic nitrogens is 4. The number of aromatic amines is 2.